The van der Waals surface area contributed by atoms with Crippen LogP contribution in [0.1, 0.15) is 30.2 Å². The molecule has 0 saturated carbocycles. The summed E-state index contributed by atoms with van der Waals surface area (Å²) >= 11 is 2.64. The number of hydrogen-bond donors (Lipinski definition) is 2. The van der Waals surface area contributed by atoms with Crippen LogP contribution < -0.4 is 16.2 Å². The van der Waals surface area contributed by atoms with Gasteiger partial charge in [-0.25, -0.2) is 9.78 Å². The number of hydrogen-bond acceptors (Lipinski definition) is 6. The number of fused-ring (bicyclic) bond motifs is 1. The van der Waals surface area contributed by atoms with E-state index in [0.29, 0.717) is 21.9 Å². The van der Waals surface area contributed by atoms with Crippen LogP contribution >= 0.6 is 23.1 Å². The molecule has 0 atom stereocenters. The van der Waals surface area contributed by atoms with Crippen LogP contribution in [-0.2, 0) is 11.3 Å². The predicted molar refractivity (Wildman–Crippen MR) is 111 cm³/mol. The van der Waals surface area contributed by atoms with Crippen molar-refractivity contribution in [2.75, 3.05) is 12.3 Å². The monoisotopic (exact) mass is 408 g/mol. The Morgan fingerprint density at radius 2 is 2.11 bits per heavy atom. The Kier molecular flexibility index (Phi) is 7.61. The number of nitrogens with zero attached hydrogens (tertiary/aromatic N) is 2. The van der Waals surface area contributed by atoms with Crippen molar-refractivity contribution in [1.29, 1.82) is 0 Å². The van der Waals surface area contributed by atoms with E-state index in [1.165, 1.54) is 17.4 Å². The molecule has 2 N–H and O–H groups in total. The van der Waals surface area contributed by atoms with E-state index in [1.54, 1.807) is 4.57 Å². The summed E-state index contributed by atoms with van der Waals surface area (Å²) in [5.41, 5.74) is 0.896. The van der Waals surface area contributed by atoms with Crippen LogP contribution in [0.25, 0.3) is 10.2 Å². The molecule has 27 heavy (non-hydrogen) atoms. The van der Waals surface area contributed by atoms with Gasteiger partial charge in [-0.3, -0.25) is 19.5 Å². The summed E-state index contributed by atoms with van der Waals surface area (Å²) in [5.74, 6) is -0.453. The Hall–Kier alpha value is -2.13. The number of imide groups is 1. The largest absolute Gasteiger partial charge is 0.334 e. The van der Waals surface area contributed by atoms with E-state index in [9.17, 15) is 14.4 Å². The molecule has 2 heterocycles. The first kappa shape index (κ1) is 21.2. The van der Waals surface area contributed by atoms with Gasteiger partial charge in [-0.15, -0.1) is 17.9 Å². The molecule has 0 unspecified atom stereocenters. The number of rotatable bonds is 8. The number of aromatic nitrogens is 2. The highest BCUT2D eigenvalue weighted by Crippen LogP contribution is 2.28. The van der Waals surface area contributed by atoms with E-state index in [2.05, 4.69) is 29.1 Å². The summed E-state index contributed by atoms with van der Waals surface area (Å²) in [4.78, 5) is 42.9. The molecule has 0 saturated heterocycles. The molecule has 0 aliphatic heterocycles. The molecule has 0 bridgehead atoms. The number of carbonyl (C=O) groups excluding carboxylic acids is 2. The molecular weight excluding hydrogens is 384 g/mol. The molecular formula is C18H24N4O3S2. The number of amides is 3. The van der Waals surface area contributed by atoms with Crippen LogP contribution in [0.15, 0.2) is 22.6 Å². The van der Waals surface area contributed by atoms with Gasteiger partial charge in [0.2, 0.25) is 5.91 Å². The van der Waals surface area contributed by atoms with E-state index in [1.807, 2.05) is 13.8 Å². The topological polar surface area (TPSA) is 93.1 Å². The zero-order valence-electron chi connectivity index (χ0n) is 15.8. The third kappa shape index (κ3) is 5.20. The van der Waals surface area contributed by atoms with Crippen LogP contribution in [0, 0.1) is 13.8 Å². The van der Waals surface area contributed by atoms with Crippen molar-refractivity contribution in [1.82, 2.24) is 20.2 Å². The highest BCUT2D eigenvalue weighted by Gasteiger charge is 2.18. The molecule has 2 rings (SSSR count). The lowest BCUT2D eigenvalue weighted by Gasteiger charge is -2.11. The maximum Gasteiger partial charge on any atom is 0.321 e. The summed E-state index contributed by atoms with van der Waals surface area (Å²) in [6.07, 6.45) is 3.31. The summed E-state index contributed by atoms with van der Waals surface area (Å²) in [6, 6.07) is -0.572. The molecule has 146 valence electrons. The van der Waals surface area contributed by atoms with Gasteiger partial charge in [0.15, 0.2) is 5.16 Å². The highest BCUT2D eigenvalue weighted by atomic mass is 32.2. The normalized spacial score (nSPS) is 10.8. The summed E-state index contributed by atoms with van der Waals surface area (Å²) in [5, 5.41) is 5.88. The van der Waals surface area contributed by atoms with Gasteiger partial charge >= 0.3 is 6.03 Å². The maximum absolute atomic E-state index is 13.0. The van der Waals surface area contributed by atoms with E-state index >= 15 is 0 Å². The molecule has 9 heteroatoms. The van der Waals surface area contributed by atoms with Crippen LogP contribution in [0.3, 0.4) is 0 Å². The molecule has 3 amide bonds. The zero-order chi connectivity index (χ0) is 20.0. The van der Waals surface area contributed by atoms with Gasteiger partial charge in [-0.1, -0.05) is 31.2 Å². The average Bonchev–Trinajstić information content (AvgIpc) is 2.91. The SMILES string of the molecule is C=CCNC(=O)NC(=O)CSc1nc2sc(C)c(C)c2c(=O)n1CCCC. The fourth-order valence-electron chi connectivity index (χ4n) is 2.43. The zero-order valence-corrected chi connectivity index (χ0v) is 17.4. The molecule has 0 radical (unpaired) electrons. The predicted octanol–water partition coefficient (Wildman–Crippen LogP) is 2.98. The molecule has 7 nitrogen and oxygen atoms in total. The molecule has 0 aromatic carbocycles. The number of thioether (sulfide) groups is 1. The number of aryl methyl sites for hydroxylation is 2. The van der Waals surface area contributed by atoms with Gasteiger partial charge < -0.3 is 5.32 Å². The first-order valence-corrected chi connectivity index (χ1v) is 10.5. The van der Waals surface area contributed by atoms with Crippen molar-refractivity contribution in [3.05, 3.63) is 33.4 Å². The number of carbonyl (C=O) groups is 2. The van der Waals surface area contributed by atoms with Gasteiger partial charge in [-0.2, -0.15) is 0 Å². The first-order valence-electron chi connectivity index (χ1n) is 8.70. The van der Waals surface area contributed by atoms with Gasteiger partial charge in [0.25, 0.3) is 5.56 Å². The van der Waals surface area contributed by atoms with Gasteiger partial charge in [0.1, 0.15) is 4.83 Å². The van der Waals surface area contributed by atoms with E-state index in [0.717, 1.165) is 35.0 Å². The van der Waals surface area contributed by atoms with Crippen molar-refractivity contribution in [2.45, 2.75) is 45.3 Å². The second-order valence-corrected chi connectivity index (χ2v) is 8.15. The fraction of sp³-hybridized carbons (Fsp3) is 0.444. The van der Waals surface area contributed by atoms with Crippen molar-refractivity contribution in [3.8, 4) is 0 Å². The van der Waals surface area contributed by atoms with Crippen LogP contribution in [0.5, 0.6) is 0 Å². The Morgan fingerprint density at radius 3 is 2.78 bits per heavy atom. The summed E-state index contributed by atoms with van der Waals surface area (Å²) in [7, 11) is 0. The molecule has 0 spiro atoms. The lowest BCUT2D eigenvalue weighted by Crippen LogP contribution is -2.40. The van der Waals surface area contributed by atoms with Crippen LogP contribution in [0.2, 0.25) is 0 Å². The maximum atomic E-state index is 13.0. The molecule has 0 aliphatic rings. The Labute approximate surface area is 166 Å². The molecule has 2 aromatic heterocycles. The van der Waals surface area contributed by atoms with E-state index < -0.39 is 11.9 Å². The average molecular weight is 409 g/mol. The number of nitrogens with one attached hydrogen (secondary N) is 2. The Bertz CT molecular complexity index is 917. The standard InChI is InChI=1S/C18H24N4O3S2/c1-5-7-9-22-16(24)14-11(3)12(4)27-15(14)21-18(22)26-10-13(23)20-17(25)19-8-6-2/h6H,2,5,7-10H2,1,3-4H3,(H2,19,20,23,25). The van der Waals surface area contributed by atoms with Crippen molar-refractivity contribution >= 4 is 45.3 Å². The van der Waals surface area contributed by atoms with Crippen LogP contribution in [-0.4, -0.2) is 33.8 Å². The first-order chi connectivity index (χ1) is 12.9. The number of urea groups is 1. The lowest BCUT2D eigenvalue weighted by atomic mass is 10.2. The van der Waals surface area contributed by atoms with Crippen LogP contribution in [0.4, 0.5) is 4.79 Å². The minimum atomic E-state index is -0.572. The van der Waals surface area contributed by atoms with E-state index in [4.69, 9.17) is 0 Å². The second-order valence-electron chi connectivity index (χ2n) is 6.00. The summed E-state index contributed by atoms with van der Waals surface area (Å²) in [6.45, 7) is 10.3. The minimum absolute atomic E-state index is 0.00504. The van der Waals surface area contributed by atoms with Crippen molar-refractivity contribution < 1.29 is 9.59 Å². The van der Waals surface area contributed by atoms with Gasteiger partial charge in [0.05, 0.1) is 11.1 Å². The quantitative estimate of drug-likeness (QED) is 0.398. The minimum Gasteiger partial charge on any atom is -0.334 e. The van der Waals surface area contributed by atoms with Crippen molar-refractivity contribution in [2.24, 2.45) is 0 Å². The highest BCUT2D eigenvalue weighted by molar-refractivity contribution is 7.99. The summed E-state index contributed by atoms with van der Waals surface area (Å²) < 4.78 is 1.64. The molecule has 0 aliphatic carbocycles. The van der Waals surface area contributed by atoms with Gasteiger partial charge in [0, 0.05) is 18.0 Å². The third-order valence-corrected chi connectivity index (χ3v) is 6.06. The Balaban J connectivity index is 2.23. The molecule has 2 aromatic rings. The second kappa shape index (κ2) is 9.70. The number of thiophene rings is 1. The van der Waals surface area contributed by atoms with E-state index in [-0.39, 0.29) is 17.9 Å². The lowest BCUT2D eigenvalue weighted by molar-refractivity contribution is -0.117. The fourth-order valence-corrected chi connectivity index (χ4v) is 4.33. The Morgan fingerprint density at radius 1 is 1.37 bits per heavy atom. The smallest absolute Gasteiger partial charge is 0.321 e. The number of unbranched alkanes of at least 4 members (excludes halogenated alkanes) is 1. The van der Waals surface area contributed by atoms with Crippen molar-refractivity contribution in [3.63, 3.8) is 0 Å². The molecule has 0 fully saturated rings. The third-order valence-electron chi connectivity index (χ3n) is 3.98. The van der Waals surface area contributed by atoms with Gasteiger partial charge in [-0.05, 0) is 25.8 Å².